The van der Waals surface area contributed by atoms with Crippen molar-refractivity contribution in [2.24, 2.45) is 0 Å². The number of benzene rings is 2. The minimum atomic E-state index is -0.373. The van der Waals surface area contributed by atoms with E-state index in [9.17, 15) is 9.59 Å². The van der Waals surface area contributed by atoms with Crippen molar-refractivity contribution >= 4 is 11.8 Å². The fraction of sp³-hybridized carbons (Fsp3) is 0.214. The Morgan fingerprint density at radius 1 is 0.972 bits per heavy atom. The number of rotatable bonds is 7. The van der Waals surface area contributed by atoms with Crippen molar-refractivity contribution in [2.75, 3.05) is 19.6 Å². The number of H-pyrrole nitrogens is 1. The van der Waals surface area contributed by atoms with Crippen molar-refractivity contribution in [3.8, 4) is 11.3 Å². The molecule has 2 aromatic heterocycles. The summed E-state index contributed by atoms with van der Waals surface area (Å²) >= 11 is 0. The number of amides is 2. The largest absolute Gasteiger partial charge is 0.368 e. The van der Waals surface area contributed by atoms with Gasteiger partial charge in [-0.15, -0.1) is 0 Å². The van der Waals surface area contributed by atoms with Gasteiger partial charge in [0.1, 0.15) is 12.2 Å². The van der Waals surface area contributed by atoms with Crippen molar-refractivity contribution in [2.45, 2.75) is 19.3 Å². The van der Waals surface area contributed by atoms with E-state index in [0.29, 0.717) is 31.1 Å². The van der Waals surface area contributed by atoms with Crippen molar-refractivity contribution in [3.05, 3.63) is 108 Å². The Hall–Kier alpha value is -4.30. The summed E-state index contributed by atoms with van der Waals surface area (Å²) in [5.41, 5.74) is 3.73. The lowest BCUT2D eigenvalue weighted by Gasteiger charge is -2.24. The molecule has 0 spiro atoms. The second kappa shape index (κ2) is 11.0. The summed E-state index contributed by atoms with van der Waals surface area (Å²) in [4.78, 5) is 34.3. The Kier molecular flexibility index (Phi) is 7.14. The van der Waals surface area contributed by atoms with E-state index in [4.69, 9.17) is 4.74 Å². The minimum Gasteiger partial charge on any atom is -0.368 e. The highest BCUT2D eigenvalue weighted by Crippen LogP contribution is 2.20. The number of aromatic nitrogens is 3. The summed E-state index contributed by atoms with van der Waals surface area (Å²) in [5.74, 6) is -0.412. The zero-order chi connectivity index (χ0) is 24.7. The number of aromatic amines is 1. The van der Waals surface area contributed by atoms with E-state index in [1.54, 1.807) is 22.1 Å². The topological polar surface area (TPSA) is 91.4 Å². The molecule has 2 amide bonds. The van der Waals surface area contributed by atoms with Gasteiger partial charge in [-0.3, -0.25) is 19.7 Å². The maximum absolute atomic E-state index is 13.4. The van der Waals surface area contributed by atoms with E-state index in [2.05, 4.69) is 15.2 Å². The molecule has 1 aliphatic rings. The fourth-order valence-corrected chi connectivity index (χ4v) is 4.24. The first-order valence-corrected chi connectivity index (χ1v) is 11.9. The van der Waals surface area contributed by atoms with Crippen LogP contribution >= 0.6 is 0 Å². The highest BCUT2D eigenvalue weighted by Gasteiger charge is 2.32. The van der Waals surface area contributed by atoms with Crippen molar-refractivity contribution in [1.29, 1.82) is 0 Å². The third-order valence-corrected chi connectivity index (χ3v) is 6.10. The summed E-state index contributed by atoms with van der Waals surface area (Å²) in [6, 6.07) is 26.8. The minimum absolute atomic E-state index is 0.0329. The van der Waals surface area contributed by atoms with E-state index in [1.807, 2.05) is 78.9 Å². The van der Waals surface area contributed by atoms with E-state index in [0.717, 1.165) is 16.8 Å². The maximum Gasteiger partial charge on any atom is 0.272 e. The Balaban J connectivity index is 1.35. The molecule has 5 rings (SSSR count). The second-order valence-electron chi connectivity index (χ2n) is 8.73. The van der Waals surface area contributed by atoms with Gasteiger partial charge in [0.05, 0.1) is 24.1 Å². The van der Waals surface area contributed by atoms with Crippen molar-refractivity contribution in [3.63, 3.8) is 0 Å². The van der Waals surface area contributed by atoms with E-state index in [1.165, 1.54) is 0 Å². The van der Waals surface area contributed by atoms with Crippen molar-refractivity contribution in [1.82, 2.24) is 25.0 Å². The molecule has 2 aromatic carbocycles. The van der Waals surface area contributed by atoms with Crippen LogP contribution in [0, 0.1) is 0 Å². The average molecular weight is 482 g/mol. The molecule has 1 fully saturated rings. The molecule has 3 heterocycles. The number of hydrogen-bond donors (Lipinski definition) is 1. The molecule has 0 radical (unpaired) electrons. The quantitative estimate of drug-likeness (QED) is 0.436. The van der Waals surface area contributed by atoms with Gasteiger partial charge >= 0.3 is 0 Å². The maximum atomic E-state index is 13.4. The van der Waals surface area contributed by atoms with Gasteiger partial charge in [-0.1, -0.05) is 66.7 Å². The van der Waals surface area contributed by atoms with Crippen LogP contribution in [0.15, 0.2) is 91.1 Å². The van der Waals surface area contributed by atoms with Crippen LogP contribution in [0.3, 0.4) is 0 Å². The lowest BCUT2D eigenvalue weighted by Crippen LogP contribution is -2.39. The molecular formula is C28H27N5O3. The van der Waals surface area contributed by atoms with Gasteiger partial charge in [-0.05, 0) is 23.8 Å². The normalized spacial score (nSPS) is 16.1. The summed E-state index contributed by atoms with van der Waals surface area (Å²) < 4.78 is 6.18. The number of carbonyl (C=O) groups excluding carboxylic acids is 2. The van der Waals surface area contributed by atoms with Gasteiger partial charge in [0.2, 0.25) is 5.91 Å². The fourth-order valence-electron chi connectivity index (χ4n) is 4.24. The summed E-state index contributed by atoms with van der Waals surface area (Å²) in [5, 5.41) is 7.15. The molecule has 0 bridgehead atoms. The number of ether oxygens (including phenoxy) is 1. The molecule has 4 aromatic rings. The zero-order valence-corrected chi connectivity index (χ0v) is 19.8. The molecule has 1 aliphatic heterocycles. The van der Waals surface area contributed by atoms with Gasteiger partial charge in [0, 0.05) is 31.4 Å². The van der Waals surface area contributed by atoms with E-state index < -0.39 is 0 Å². The number of nitrogens with one attached hydrogen (secondary N) is 1. The molecule has 1 N–H and O–H groups in total. The molecule has 0 saturated carbocycles. The monoisotopic (exact) mass is 481 g/mol. The zero-order valence-electron chi connectivity index (χ0n) is 19.8. The van der Waals surface area contributed by atoms with Crippen LogP contribution in [-0.4, -0.2) is 62.5 Å². The predicted molar refractivity (Wildman–Crippen MR) is 135 cm³/mol. The Morgan fingerprint density at radius 3 is 2.47 bits per heavy atom. The van der Waals surface area contributed by atoms with Crippen LogP contribution in [0.2, 0.25) is 0 Å². The molecule has 36 heavy (non-hydrogen) atoms. The second-order valence-corrected chi connectivity index (χ2v) is 8.73. The number of hydrogen-bond acceptors (Lipinski definition) is 5. The number of pyridine rings is 1. The molecule has 8 heteroatoms. The van der Waals surface area contributed by atoms with Crippen LogP contribution in [0.25, 0.3) is 11.3 Å². The number of carbonyl (C=O) groups is 2. The Labute approximate surface area is 209 Å². The summed E-state index contributed by atoms with van der Waals surface area (Å²) in [6.45, 7) is 1.37. The van der Waals surface area contributed by atoms with Gasteiger partial charge in [-0.2, -0.15) is 5.10 Å². The number of nitrogens with zero attached hydrogens (tertiary/aromatic N) is 4. The van der Waals surface area contributed by atoms with Gasteiger partial charge in [-0.25, -0.2) is 0 Å². The highest BCUT2D eigenvalue weighted by molar-refractivity contribution is 5.96. The molecular weight excluding hydrogens is 454 g/mol. The molecule has 1 saturated heterocycles. The van der Waals surface area contributed by atoms with Crippen LogP contribution in [-0.2, 0) is 22.7 Å². The summed E-state index contributed by atoms with van der Waals surface area (Å²) in [6.07, 6.45) is 1.35. The first-order chi connectivity index (χ1) is 17.7. The third kappa shape index (κ3) is 5.67. The SMILES string of the molecule is O=C1CN(C(=O)c2cc(-c3ccccc3)n[nH]2)CC(OCc2ccccn2)CN1Cc1ccccc1. The Morgan fingerprint density at radius 2 is 1.72 bits per heavy atom. The Bertz CT molecular complexity index is 1290. The predicted octanol–water partition coefficient (Wildman–Crippen LogP) is 3.54. The first-order valence-electron chi connectivity index (χ1n) is 11.9. The first kappa shape index (κ1) is 23.4. The van der Waals surface area contributed by atoms with Crippen LogP contribution in [0.1, 0.15) is 21.7 Å². The van der Waals surface area contributed by atoms with Crippen LogP contribution in [0.4, 0.5) is 0 Å². The third-order valence-electron chi connectivity index (χ3n) is 6.10. The van der Waals surface area contributed by atoms with Gasteiger partial charge in [0.25, 0.3) is 5.91 Å². The van der Waals surface area contributed by atoms with E-state index >= 15 is 0 Å². The lowest BCUT2D eigenvalue weighted by atomic mass is 10.1. The van der Waals surface area contributed by atoms with Gasteiger partial charge < -0.3 is 14.5 Å². The molecule has 1 unspecified atom stereocenters. The van der Waals surface area contributed by atoms with Crippen LogP contribution < -0.4 is 0 Å². The molecule has 0 aliphatic carbocycles. The van der Waals surface area contributed by atoms with E-state index in [-0.39, 0.29) is 31.0 Å². The highest BCUT2D eigenvalue weighted by atomic mass is 16.5. The molecule has 8 nitrogen and oxygen atoms in total. The molecule has 182 valence electrons. The standard InChI is InChI=1S/C28H27N5O3/c34-27-19-33(28(35)26-15-25(30-31-26)22-11-5-2-6-12-22)18-24(36-20-23-13-7-8-14-29-23)17-32(27)16-21-9-3-1-4-10-21/h1-15,24H,16-20H2,(H,30,31). The van der Waals surface area contributed by atoms with Gasteiger partial charge in [0.15, 0.2) is 0 Å². The lowest BCUT2D eigenvalue weighted by molar-refractivity contribution is -0.132. The average Bonchev–Trinajstić information content (AvgIpc) is 3.36. The summed E-state index contributed by atoms with van der Waals surface area (Å²) in [7, 11) is 0. The molecule has 1 atom stereocenters. The van der Waals surface area contributed by atoms with Crippen molar-refractivity contribution < 1.29 is 14.3 Å². The van der Waals surface area contributed by atoms with Crippen LogP contribution in [0.5, 0.6) is 0 Å². The smallest absolute Gasteiger partial charge is 0.272 e.